The second kappa shape index (κ2) is 11.2. The Morgan fingerprint density at radius 1 is 0.969 bits per heavy atom. The highest BCUT2D eigenvalue weighted by molar-refractivity contribution is 5.86. The van der Waals surface area contributed by atoms with Crippen LogP contribution in [-0.2, 0) is 4.79 Å². The molecule has 0 aromatic heterocycles. The number of carboxylic acids is 1. The molecule has 0 amide bonds. The van der Waals surface area contributed by atoms with Gasteiger partial charge in [0, 0.05) is 6.42 Å². The number of carbonyl (C=O) groups is 1. The molecule has 172 valence electrons. The first-order chi connectivity index (χ1) is 15.0. The number of hydrogen-bond acceptors (Lipinski definition) is 3. The van der Waals surface area contributed by atoms with Gasteiger partial charge in [0.15, 0.2) is 0 Å². The highest BCUT2D eigenvalue weighted by Crippen LogP contribution is 2.35. The van der Waals surface area contributed by atoms with Crippen LogP contribution in [0.4, 0.5) is 8.78 Å². The van der Waals surface area contributed by atoms with Crippen LogP contribution in [0.15, 0.2) is 54.1 Å². The molecule has 2 rings (SSSR count). The van der Waals surface area contributed by atoms with Crippen molar-refractivity contribution in [3.05, 3.63) is 88.0 Å². The zero-order valence-corrected chi connectivity index (χ0v) is 18.8. The number of carboxylic acid groups (broad SMARTS) is 1. The molecule has 32 heavy (non-hydrogen) atoms. The van der Waals surface area contributed by atoms with Crippen molar-refractivity contribution in [2.24, 2.45) is 5.92 Å². The summed E-state index contributed by atoms with van der Waals surface area (Å²) in [6, 6.07) is 9.00. The number of aryl methyl sites for hydroxylation is 2. The van der Waals surface area contributed by atoms with Crippen LogP contribution >= 0.6 is 0 Å². The molecule has 0 saturated heterocycles. The Labute approximate surface area is 187 Å². The predicted octanol–water partition coefficient (Wildman–Crippen LogP) is 5.18. The number of hydrogen-bond donors (Lipinski definition) is 3. The maximum absolute atomic E-state index is 13.8. The number of benzene rings is 2. The van der Waals surface area contributed by atoms with E-state index in [1.807, 2.05) is 13.8 Å². The van der Waals surface area contributed by atoms with Crippen LogP contribution < -0.4 is 0 Å². The number of allylic oxidation sites excluding steroid dienone is 2. The van der Waals surface area contributed by atoms with Crippen molar-refractivity contribution in [1.82, 2.24) is 0 Å². The van der Waals surface area contributed by atoms with E-state index in [1.165, 1.54) is 30.3 Å². The summed E-state index contributed by atoms with van der Waals surface area (Å²) in [5.74, 6) is -1.86. The summed E-state index contributed by atoms with van der Waals surface area (Å²) in [5, 5.41) is 28.9. The lowest BCUT2D eigenvalue weighted by Gasteiger charge is -2.21. The van der Waals surface area contributed by atoms with E-state index < -0.39 is 24.6 Å². The first kappa shape index (κ1) is 25.4. The molecule has 0 saturated carbocycles. The molecule has 6 heteroatoms. The molecule has 2 aromatic carbocycles. The van der Waals surface area contributed by atoms with E-state index in [0.717, 1.165) is 22.3 Å². The van der Waals surface area contributed by atoms with Crippen molar-refractivity contribution in [3.8, 4) is 0 Å². The molecule has 0 aliphatic heterocycles. The van der Waals surface area contributed by atoms with Crippen molar-refractivity contribution in [3.63, 3.8) is 0 Å². The van der Waals surface area contributed by atoms with Crippen molar-refractivity contribution >= 4 is 11.5 Å². The van der Waals surface area contributed by atoms with Crippen molar-refractivity contribution in [2.75, 3.05) is 0 Å². The number of halogens is 2. The maximum Gasteiger partial charge on any atom is 0.305 e. The third-order valence-electron chi connectivity index (χ3n) is 5.25. The number of aliphatic carboxylic acids is 1. The second-order valence-electron chi connectivity index (χ2n) is 8.32. The number of aliphatic hydroxyl groups is 2. The number of rotatable bonds is 9. The topological polar surface area (TPSA) is 77.8 Å². The van der Waals surface area contributed by atoms with Gasteiger partial charge in [0.25, 0.3) is 0 Å². The fourth-order valence-electron chi connectivity index (χ4n) is 3.69. The van der Waals surface area contributed by atoms with Gasteiger partial charge in [0.1, 0.15) is 11.6 Å². The molecule has 0 heterocycles. The van der Waals surface area contributed by atoms with E-state index in [0.29, 0.717) is 11.1 Å². The average Bonchev–Trinajstić information content (AvgIpc) is 2.65. The number of aliphatic hydroxyl groups excluding tert-OH is 2. The largest absolute Gasteiger partial charge is 0.481 e. The molecular formula is C26H30F2O4. The molecule has 1 unspecified atom stereocenters. The summed E-state index contributed by atoms with van der Waals surface area (Å²) in [5.41, 5.74) is 4.64. The summed E-state index contributed by atoms with van der Waals surface area (Å²) >= 11 is 0. The lowest BCUT2D eigenvalue weighted by Crippen LogP contribution is -2.19. The highest BCUT2D eigenvalue weighted by atomic mass is 19.1. The van der Waals surface area contributed by atoms with Crippen LogP contribution in [-0.4, -0.2) is 33.5 Å². The van der Waals surface area contributed by atoms with Crippen LogP contribution in [0.25, 0.3) is 5.57 Å². The smallest absolute Gasteiger partial charge is 0.305 e. The van der Waals surface area contributed by atoms with Gasteiger partial charge in [0.05, 0.1) is 18.6 Å². The van der Waals surface area contributed by atoms with Gasteiger partial charge in [-0.3, -0.25) is 4.79 Å². The minimum atomic E-state index is -1.17. The minimum absolute atomic E-state index is 0.00806. The first-order valence-corrected chi connectivity index (χ1v) is 10.5. The summed E-state index contributed by atoms with van der Waals surface area (Å²) in [4.78, 5) is 10.7. The third-order valence-corrected chi connectivity index (χ3v) is 5.25. The molecule has 2 atom stereocenters. The zero-order chi connectivity index (χ0) is 24.0. The van der Waals surface area contributed by atoms with Gasteiger partial charge in [-0.2, -0.15) is 0 Å². The van der Waals surface area contributed by atoms with Gasteiger partial charge < -0.3 is 15.3 Å². The minimum Gasteiger partial charge on any atom is -0.481 e. The van der Waals surface area contributed by atoms with E-state index in [1.54, 1.807) is 32.1 Å². The lowest BCUT2D eigenvalue weighted by molar-refractivity contribution is -0.139. The summed E-state index contributed by atoms with van der Waals surface area (Å²) < 4.78 is 27.6. The standard InChI is InChI=1S/C26H30F2O4/c1-15(2)22(10-7-20(29)13-21(30)14-25(31)32)26(23-8-5-18(27)11-16(23)3)24-9-6-19(28)12-17(24)4/h5-12,15,20-21,29-30H,13-14H2,1-4H3,(H,31,32)/b10-7+/t20-,21?/m1/s1. The fourth-order valence-corrected chi connectivity index (χ4v) is 3.69. The van der Waals surface area contributed by atoms with E-state index in [-0.39, 0.29) is 24.0 Å². The van der Waals surface area contributed by atoms with E-state index in [2.05, 4.69) is 0 Å². The average molecular weight is 445 g/mol. The SMILES string of the molecule is Cc1cc(F)ccc1C(=C(/C=C/[C@@H](O)CC(O)CC(=O)O)C(C)C)c1ccc(F)cc1C. The Bertz CT molecular complexity index is 971. The fraction of sp³-hybridized carbons (Fsp3) is 0.346. The Balaban J connectivity index is 2.62. The van der Waals surface area contributed by atoms with Gasteiger partial charge in [0.2, 0.25) is 0 Å². The maximum atomic E-state index is 13.8. The van der Waals surface area contributed by atoms with Gasteiger partial charge in [-0.05, 0) is 77.4 Å². The van der Waals surface area contributed by atoms with Gasteiger partial charge in [-0.1, -0.05) is 38.1 Å². The van der Waals surface area contributed by atoms with Crippen LogP contribution in [0.5, 0.6) is 0 Å². The first-order valence-electron chi connectivity index (χ1n) is 10.5. The van der Waals surface area contributed by atoms with E-state index >= 15 is 0 Å². The van der Waals surface area contributed by atoms with Gasteiger partial charge in [-0.15, -0.1) is 0 Å². The normalized spacial score (nSPS) is 13.4. The van der Waals surface area contributed by atoms with Gasteiger partial charge in [-0.25, -0.2) is 8.78 Å². The Hall–Kier alpha value is -2.83. The summed E-state index contributed by atoms with van der Waals surface area (Å²) in [7, 11) is 0. The van der Waals surface area contributed by atoms with Crippen LogP contribution in [0.1, 0.15) is 48.9 Å². The molecule has 0 radical (unpaired) electrons. The second-order valence-corrected chi connectivity index (χ2v) is 8.32. The molecule has 0 spiro atoms. The van der Waals surface area contributed by atoms with Crippen LogP contribution in [0.3, 0.4) is 0 Å². The van der Waals surface area contributed by atoms with Crippen molar-refractivity contribution in [1.29, 1.82) is 0 Å². The monoisotopic (exact) mass is 444 g/mol. The van der Waals surface area contributed by atoms with Crippen molar-refractivity contribution < 1.29 is 28.9 Å². The lowest BCUT2D eigenvalue weighted by atomic mass is 9.84. The molecular weight excluding hydrogens is 414 g/mol. The molecule has 0 aliphatic carbocycles. The van der Waals surface area contributed by atoms with Crippen LogP contribution in [0, 0.1) is 31.4 Å². The third kappa shape index (κ3) is 6.84. The predicted molar refractivity (Wildman–Crippen MR) is 121 cm³/mol. The Morgan fingerprint density at radius 2 is 1.47 bits per heavy atom. The molecule has 2 aromatic rings. The molecule has 4 nitrogen and oxygen atoms in total. The summed E-state index contributed by atoms with van der Waals surface area (Å²) in [6.45, 7) is 7.55. The molecule has 0 fully saturated rings. The zero-order valence-electron chi connectivity index (χ0n) is 18.8. The van der Waals surface area contributed by atoms with Crippen molar-refractivity contribution in [2.45, 2.75) is 52.7 Å². The van der Waals surface area contributed by atoms with Crippen LogP contribution in [0.2, 0.25) is 0 Å². The van der Waals surface area contributed by atoms with Gasteiger partial charge >= 0.3 is 5.97 Å². The van der Waals surface area contributed by atoms with E-state index in [9.17, 15) is 23.8 Å². The Kier molecular flexibility index (Phi) is 8.87. The quantitative estimate of drug-likeness (QED) is 0.466. The highest BCUT2D eigenvalue weighted by Gasteiger charge is 2.19. The summed E-state index contributed by atoms with van der Waals surface area (Å²) in [6.07, 6.45) is 0.461. The molecule has 0 aliphatic rings. The molecule has 3 N–H and O–H groups in total. The van der Waals surface area contributed by atoms with E-state index in [4.69, 9.17) is 5.11 Å². The molecule has 0 bridgehead atoms. The Morgan fingerprint density at radius 3 is 1.88 bits per heavy atom.